The molecule has 1 heterocycles. The topological polar surface area (TPSA) is 103 Å². The van der Waals surface area contributed by atoms with Crippen LogP contribution in [0, 0.1) is 13.8 Å². The first-order valence-electron chi connectivity index (χ1n) is 16.7. The van der Waals surface area contributed by atoms with Gasteiger partial charge in [-0.15, -0.1) is 0 Å². The second-order valence-corrected chi connectivity index (χ2v) is 12.6. The van der Waals surface area contributed by atoms with Gasteiger partial charge in [-0.05, 0) is 97.2 Å². The summed E-state index contributed by atoms with van der Waals surface area (Å²) in [6.45, 7) is 4.16. The molecule has 6 heteroatoms. The van der Waals surface area contributed by atoms with Gasteiger partial charge in [0, 0.05) is 19.0 Å². The Bertz CT molecular complexity index is 1660. The molecule has 246 valence electrons. The molecule has 0 radical (unpaired) electrons. The number of Topliss-reactive ketones (excluding diaryl/α,β-unsaturated/α-hetero) is 1. The van der Waals surface area contributed by atoms with Crippen molar-refractivity contribution in [3.8, 4) is 11.5 Å². The maximum Gasteiger partial charge on any atom is 0.163 e. The van der Waals surface area contributed by atoms with Crippen molar-refractivity contribution in [1.82, 2.24) is 4.98 Å². The Hall–Kier alpha value is -4.71. The van der Waals surface area contributed by atoms with Crippen molar-refractivity contribution in [3.05, 3.63) is 124 Å². The number of nitrogens with two attached hydrogens (primary N) is 1. The number of ether oxygens (including phenoxy) is 1. The summed E-state index contributed by atoms with van der Waals surface area (Å²) >= 11 is 0. The number of pyridine rings is 1. The van der Waals surface area contributed by atoms with Crippen molar-refractivity contribution >= 4 is 23.5 Å². The maximum absolute atomic E-state index is 12.7. The van der Waals surface area contributed by atoms with E-state index in [1.54, 1.807) is 24.4 Å². The van der Waals surface area contributed by atoms with Gasteiger partial charge in [0.15, 0.2) is 17.3 Å². The zero-order valence-corrected chi connectivity index (χ0v) is 28.1. The van der Waals surface area contributed by atoms with Crippen LogP contribution in [-0.2, 0) is 28.9 Å². The van der Waals surface area contributed by atoms with E-state index in [4.69, 9.17) is 10.5 Å². The first-order chi connectivity index (χ1) is 22.7. The summed E-state index contributed by atoms with van der Waals surface area (Å²) in [5.41, 5.74) is 14.6. The molecule has 4 rings (SSSR count). The highest BCUT2D eigenvalue weighted by molar-refractivity contribution is 6.06. The molecule has 3 aromatic carbocycles. The predicted molar refractivity (Wildman–Crippen MR) is 191 cm³/mol. The van der Waals surface area contributed by atoms with Gasteiger partial charge in [-0.1, -0.05) is 91.4 Å². The SMILES string of the molecule is COc1cc(C=CC(=O)CC(=O)CCCCCCCCc2ccccc2)c(Cc2cnc(N)c(Cc3cc(C)cc(C)c3)c2)cc1O. The van der Waals surface area contributed by atoms with Crippen LogP contribution < -0.4 is 10.5 Å². The average molecular weight is 633 g/mol. The molecule has 0 aliphatic rings. The first-order valence-corrected chi connectivity index (χ1v) is 16.7. The number of allylic oxidation sites excluding steroid dienone is 1. The number of phenols is 1. The van der Waals surface area contributed by atoms with Gasteiger partial charge in [-0.3, -0.25) is 9.59 Å². The van der Waals surface area contributed by atoms with Crippen LogP contribution in [0.2, 0.25) is 0 Å². The number of nitrogens with zero attached hydrogens (tertiary/aromatic N) is 1. The number of carbonyl (C=O) groups excluding carboxylic acids is 2. The fourth-order valence-electron chi connectivity index (χ4n) is 6.05. The largest absolute Gasteiger partial charge is 0.504 e. The van der Waals surface area contributed by atoms with Crippen molar-refractivity contribution in [2.45, 2.75) is 84.5 Å². The van der Waals surface area contributed by atoms with Crippen LogP contribution in [0.4, 0.5) is 5.82 Å². The lowest BCUT2D eigenvalue weighted by molar-refractivity contribution is -0.124. The Kier molecular flexibility index (Phi) is 13.3. The number of phenolic OH excluding ortho intramolecular Hbond substituents is 1. The standard InChI is InChI=1S/C41H48N2O4/c1-29-19-30(2)21-32(20-29)22-36-24-33(28-43-41(36)42)23-35-25-39(46)40(47-3)26-34(35)17-18-38(45)27-37(44)16-12-7-5-4-6-9-13-31-14-10-8-11-15-31/h8,10-11,14-15,17-21,24-26,28,46H,4-7,9,12-13,16,22-23,27H2,1-3H3,(H2,42,43). The Balaban J connectivity index is 1.30. The number of carbonyl (C=O) groups is 2. The number of unbranched alkanes of at least 4 members (excludes halogenated alkanes) is 5. The third kappa shape index (κ3) is 11.5. The summed E-state index contributed by atoms with van der Waals surface area (Å²) in [4.78, 5) is 29.7. The summed E-state index contributed by atoms with van der Waals surface area (Å²) in [5, 5.41) is 10.5. The lowest BCUT2D eigenvalue weighted by atomic mass is 9.96. The van der Waals surface area contributed by atoms with Crippen molar-refractivity contribution in [3.63, 3.8) is 0 Å². The molecule has 6 nitrogen and oxygen atoms in total. The van der Waals surface area contributed by atoms with Crippen LogP contribution in [-0.4, -0.2) is 28.8 Å². The Morgan fingerprint density at radius 2 is 1.49 bits per heavy atom. The Morgan fingerprint density at radius 1 is 0.809 bits per heavy atom. The minimum absolute atomic E-state index is 0.0104. The normalized spacial score (nSPS) is 11.2. The van der Waals surface area contributed by atoms with Crippen LogP contribution in [0.15, 0.2) is 79.0 Å². The summed E-state index contributed by atoms with van der Waals surface area (Å²) < 4.78 is 5.34. The molecule has 0 bridgehead atoms. The zero-order valence-electron chi connectivity index (χ0n) is 28.1. The number of ketones is 2. The van der Waals surface area contributed by atoms with Crippen LogP contribution in [0.25, 0.3) is 6.08 Å². The van der Waals surface area contributed by atoms with Gasteiger partial charge in [0.1, 0.15) is 11.6 Å². The monoisotopic (exact) mass is 632 g/mol. The first kappa shape index (κ1) is 35.1. The minimum Gasteiger partial charge on any atom is -0.504 e. The predicted octanol–water partition coefficient (Wildman–Crippen LogP) is 8.69. The van der Waals surface area contributed by atoms with E-state index in [1.807, 2.05) is 12.1 Å². The highest BCUT2D eigenvalue weighted by atomic mass is 16.5. The Labute approximate surface area is 279 Å². The van der Waals surface area contributed by atoms with Crippen molar-refractivity contribution in [2.24, 2.45) is 0 Å². The highest BCUT2D eigenvalue weighted by Crippen LogP contribution is 2.32. The summed E-state index contributed by atoms with van der Waals surface area (Å²) in [5.74, 6) is 0.536. The van der Waals surface area contributed by atoms with Gasteiger partial charge in [-0.2, -0.15) is 0 Å². The lowest BCUT2D eigenvalue weighted by Crippen LogP contribution is -2.05. The number of methoxy groups -OCH3 is 1. The van der Waals surface area contributed by atoms with Crippen LogP contribution in [0.1, 0.15) is 95.9 Å². The molecule has 1 aromatic heterocycles. The van der Waals surface area contributed by atoms with Crippen molar-refractivity contribution < 1.29 is 19.4 Å². The van der Waals surface area contributed by atoms with Gasteiger partial charge in [0.25, 0.3) is 0 Å². The number of aromatic nitrogens is 1. The number of anilines is 1. The summed E-state index contributed by atoms with van der Waals surface area (Å²) in [7, 11) is 1.49. The fraction of sp³-hybridized carbons (Fsp3) is 0.341. The van der Waals surface area contributed by atoms with E-state index in [0.717, 1.165) is 47.9 Å². The fourth-order valence-corrected chi connectivity index (χ4v) is 6.05. The van der Waals surface area contributed by atoms with E-state index < -0.39 is 0 Å². The van der Waals surface area contributed by atoms with Crippen molar-refractivity contribution in [2.75, 3.05) is 12.8 Å². The summed E-state index contributed by atoms with van der Waals surface area (Å²) in [6.07, 6.45) is 13.9. The van der Waals surface area contributed by atoms with Gasteiger partial charge in [-0.25, -0.2) is 4.98 Å². The molecule has 4 aromatic rings. The molecular formula is C41H48N2O4. The second-order valence-electron chi connectivity index (χ2n) is 12.6. The lowest BCUT2D eigenvalue weighted by Gasteiger charge is -2.13. The Morgan fingerprint density at radius 3 is 2.21 bits per heavy atom. The summed E-state index contributed by atoms with van der Waals surface area (Å²) in [6, 6.07) is 22.4. The van der Waals surface area contributed by atoms with E-state index in [2.05, 4.69) is 61.3 Å². The van der Waals surface area contributed by atoms with E-state index in [0.29, 0.717) is 30.8 Å². The van der Waals surface area contributed by atoms with Gasteiger partial charge in [0.2, 0.25) is 0 Å². The van der Waals surface area contributed by atoms with Crippen LogP contribution in [0.3, 0.4) is 0 Å². The van der Waals surface area contributed by atoms with E-state index >= 15 is 0 Å². The molecule has 0 unspecified atom stereocenters. The smallest absolute Gasteiger partial charge is 0.163 e. The molecule has 3 N–H and O–H groups in total. The average Bonchev–Trinajstić information content (AvgIpc) is 3.03. The minimum atomic E-state index is -0.237. The number of rotatable bonds is 18. The molecule has 0 spiro atoms. The van der Waals surface area contributed by atoms with E-state index in [-0.39, 0.29) is 23.7 Å². The van der Waals surface area contributed by atoms with Gasteiger partial charge >= 0.3 is 0 Å². The highest BCUT2D eigenvalue weighted by Gasteiger charge is 2.13. The van der Waals surface area contributed by atoms with Crippen LogP contribution >= 0.6 is 0 Å². The third-order valence-electron chi connectivity index (χ3n) is 8.40. The van der Waals surface area contributed by atoms with Gasteiger partial charge in [0.05, 0.1) is 13.5 Å². The number of hydrogen-bond donors (Lipinski definition) is 2. The molecule has 0 saturated heterocycles. The molecule has 0 aliphatic heterocycles. The molecule has 0 atom stereocenters. The van der Waals surface area contributed by atoms with E-state index in [1.165, 1.54) is 54.7 Å². The number of nitrogen functional groups attached to an aromatic ring is 1. The molecule has 47 heavy (non-hydrogen) atoms. The molecular weight excluding hydrogens is 584 g/mol. The number of benzene rings is 3. The number of hydrogen-bond acceptors (Lipinski definition) is 6. The van der Waals surface area contributed by atoms with Crippen LogP contribution in [0.5, 0.6) is 11.5 Å². The third-order valence-corrected chi connectivity index (χ3v) is 8.40. The number of aryl methyl sites for hydroxylation is 3. The van der Waals surface area contributed by atoms with E-state index in [9.17, 15) is 14.7 Å². The second kappa shape index (κ2) is 17.8. The van der Waals surface area contributed by atoms with Crippen molar-refractivity contribution in [1.29, 1.82) is 0 Å². The maximum atomic E-state index is 12.7. The zero-order chi connectivity index (χ0) is 33.6. The molecule has 0 aliphatic carbocycles. The quantitative estimate of drug-likeness (QED) is 0.0646. The number of aromatic hydroxyl groups is 1. The van der Waals surface area contributed by atoms with Gasteiger partial charge < -0.3 is 15.6 Å². The molecule has 0 saturated carbocycles. The molecule has 0 amide bonds. The molecule has 0 fully saturated rings.